The van der Waals surface area contributed by atoms with Gasteiger partial charge in [0.15, 0.2) is 5.82 Å². The predicted octanol–water partition coefficient (Wildman–Crippen LogP) is 0.601. The third-order valence-electron chi connectivity index (χ3n) is 2.57. The van der Waals surface area contributed by atoms with Gasteiger partial charge in [-0.15, -0.1) is 15.3 Å². The Morgan fingerprint density at radius 2 is 2.16 bits per heavy atom. The van der Waals surface area contributed by atoms with Crippen LogP contribution in [0.3, 0.4) is 0 Å². The van der Waals surface area contributed by atoms with Crippen molar-refractivity contribution < 1.29 is 4.79 Å². The number of amides is 1. The van der Waals surface area contributed by atoms with Gasteiger partial charge in [0.05, 0.1) is 0 Å². The summed E-state index contributed by atoms with van der Waals surface area (Å²) >= 11 is 1.26. The zero-order chi connectivity index (χ0) is 14.0. The van der Waals surface area contributed by atoms with E-state index in [4.69, 9.17) is 0 Å². The summed E-state index contributed by atoms with van der Waals surface area (Å²) in [6.07, 6.45) is 0. The first-order chi connectivity index (χ1) is 8.99. The lowest BCUT2D eigenvalue weighted by Gasteiger charge is -2.09. The maximum absolute atomic E-state index is 11.9. The fraction of sp³-hybridized carbons (Fsp3) is 0.636. The number of rotatable bonds is 5. The molecule has 0 aliphatic carbocycles. The molecule has 1 N–H and O–H groups in total. The van der Waals surface area contributed by atoms with Crippen molar-refractivity contribution in [3.05, 3.63) is 10.8 Å². The number of nitrogens with one attached hydrogen (secondary N) is 1. The second-order valence-electron chi connectivity index (χ2n) is 4.87. The van der Waals surface area contributed by atoms with Crippen LogP contribution >= 0.6 is 11.3 Å². The molecule has 0 bridgehead atoms. The lowest BCUT2D eigenvalue weighted by molar-refractivity contribution is 0.0949. The highest BCUT2D eigenvalue weighted by Crippen LogP contribution is 2.18. The van der Waals surface area contributed by atoms with Crippen LogP contribution in [0.25, 0.3) is 4.96 Å². The Morgan fingerprint density at radius 1 is 1.42 bits per heavy atom. The Balaban J connectivity index is 2.10. The van der Waals surface area contributed by atoms with Crippen molar-refractivity contribution in [3.8, 4) is 0 Å². The highest BCUT2D eigenvalue weighted by atomic mass is 32.1. The Labute approximate surface area is 115 Å². The predicted molar refractivity (Wildman–Crippen MR) is 73.6 cm³/mol. The molecule has 0 saturated heterocycles. The van der Waals surface area contributed by atoms with Gasteiger partial charge in [-0.2, -0.15) is 4.52 Å². The molecule has 19 heavy (non-hydrogen) atoms. The van der Waals surface area contributed by atoms with Crippen molar-refractivity contribution >= 4 is 22.2 Å². The first-order valence-corrected chi connectivity index (χ1v) is 6.95. The average Bonchev–Trinajstić information content (AvgIpc) is 2.86. The van der Waals surface area contributed by atoms with E-state index in [1.807, 2.05) is 32.8 Å². The molecule has 0 aliphatic heterocycles. The van der Waals surface area contributed by atoms with E-state index < -0.39 is 0 Å². The van der Waals surface area contributed by atoms with E-state index in [0.717, 1.165) is 12.4 Å². The van der Waals surface area contributed by atoms with Crippen LogP contribution in [0.1, 0.15) is 35.4 Å². The van der Waals surface area contributed by atoms with Gasteiger partial charge in [-0.1, -0.05) is 25.2 Å². The summed E-state index contributed by atoms with van der Waals surface area (Å²) in [7, 11) is 3.92. The number of likely N-dealkylation sites (N-methyl/N-ethyl adjacent to an activating group) is 1. The van der Waals surface area contributed by atoms with Gasteiger partial charge in [-0.3, -0.25) is 4.79 Å². The first-order valence-electron chi connectivity index (χ1n) is 6.14. The zero-order valence-electron chi connectivity index (χ0n) is 11.5. The summed E-state index contributed by atoms with van der Waals surface area (Å²) in [6, 6.07) is 0. The number of nitrogens with zero attached hydrogens (tertiary/aromatic N) is 5. The molecule has 0 radical (unpaired) electrons. The van der Waals surface area contributed by atoms with Crippen LogP contribution in [-0.2, 0) is 0 Å². The van der Waals surface area contributed by atoms with Crippen molar-refractivity contribution in [1.29, 1.82) is 0 Å². The molecule has 2 aromatic rings. The SMILES string of the molecule is CC(C)c1nnc2sc(C(=O)NCCN(C)C)nn12. The van der Waals surface area contributed by atoms with Crippen LogP contribution in [0.15, 0.2) is 0 Å². The number of hydrogen-bond donors (Lipinski definition) is 1. The summed E-state index contributed by atoms with van der Waals surface area (Å²) in [6.45, 7) is 5.44. The normalized spacial score (nSPS) is 11.7. The molecular weight excluding hydrogens is 264 g/mol. The van der Waals surface area contributed by atoms with Crippen LogP contribution in [-0.4, -0.2) is 57.8 Å². The minimum atomic E-state index is -0.160. The molecule has 8 heteroatoms. The molecule has 0 aliphatic rings. The van der Waals surface area contributed by atoms with E-state index in [1.165, 1.54) is 11.3 Å². The van der Waals surface area contributed by atoms with Gasteiger partial charge in [-0.05, 0) is 14.1 Å². The summed E-state index contributed by atoms with van der Waals surface area (Å²) in [4.78, 5) is 14.6. The number of hydrogen-bond acceptors (Lipinski definition) is 6. The molecule has 7 nitrogen and oxygen atoms in total. The Kier molecular flexibility index (Phi) is 4.11. The monoisotopic (exact) mass is 282 g/mol. The van der Waals surface area contributed by atoms with Gasteiger partial charge in [0.25, 0.3) is 5.91 Å². The van der Waals surface area contributed by atoms with Crippen LogP contribution in [0.4, 0.5) is 0 Å². The lowest BCUT2D eigenvalue weighted by Crippen LogP contribution is -2.31. The van der Waals surface area contributed by atoms with E-state index in [0.29, 0.717) is 16.5 Å². The van der Waals surface area contributed by atoms with Crippen molar-refractivity contribution in [1.82, 2.24) is 30.0 Å². The fourth-order valence-corrected chi connectivity index (χ4v) is 2.32. The Morgan fingerprint density at radius 3 is 2.79 bits per heavy atom. The highest BCUT2D eigenvalue weighted by Gasteiger charge is 2.17. The van der Waals surface area contributed by atoms with Crippen molar-refractivity contribution in [3.63, 3.8) is 0 Å². The first kappa shape index (κ1) is 13.9. The summed E-state index contributed by atoms with van der Waals surface area (Å²) in [5.41, 5.74) is 0. The third-order valence-corrected chi connectivity index (χ3v) is 3.47. The highest BCUT2D eigenvalue weighted by molar-refractivity contribution is 7.18. The topological polar surface area (TPSA) is 75.4 Å². The van der Waals surface area contributed by atoms with Gasteiger partial charge >= 0.3 is 0 Å². The fourth-order valence-electron chi connectivity index (χ4n) is 1.55. The molecule has 104 valence electrons. The van der Waals surface area contributed by atoms with Crippen molar-refractivity contribution in [2.24, 2.45) is 0 Å². The van der Waals surface area contributed by atoms with Crippen molar-refractivity contribution in [2.45, 2.75) is 19.8 Å². The van der Waals surface area contributed by atoms with Crippen LogP contribution in [0.2, 0.25) is 0 Å². The van der Waals surface area contributed by atoms with Gasteiger partial charge in [0.2, 0.25) is 9.97 Å². The minimum absolute atomic E-state index is 0.160. The second-order valence-corrected chi connectivity index (χ2v) is 5.83. The van der Waals surface area contributed by atoms with Crippen LogP contribution in [0, 0.1) is 0 Å². The summed E-state index contributed by atoms with van der Waals surface area (Å²) in [5.74, 6) is 0.840. The molecule has 2 heterocycles. The van der Waals surface area contributed by atoms with Gasteiger partial charge in [0, 0.05) is 19.0 Å². The molecular formula is C11H18N6OS. The summed E-state index contributed by atoms with van der Waals surface area (Å²) < 4.78 is 1.65. The molecule has 0 fully saturated rings. The van der Waals surface area contributed by atoms with Crippen LogP contribution < -0.4 is 5.32 Å². The number of fused-ring (bicyclic) bond motifs is 1. The molecule has 1 amide bonds. The number of carbonyl (C=O) groups is 1. The van der Waals surface area contributed by atoms with E-state index in [1.54, 1.807) is 4.52 Å². The van der Waals surface area contributed by atoms with Gasteiger partial charge < -0.3 is 10.2 Å². The molecule has 2 aromatic heterocycles. The smallest absolute Gasteiger partial charge is 0.282 e. The quantitative estimate of drug-likeness (QED) is 0.869. The Hall–Kier alpha value is -1.54. The van der Waals surface area contributed by atoms with E-state index in [-0.39, 0.29) is 11.8 Å². The van der Waals surface area contributed by atoms with E-state index in [2.05, 4.69) is 20.6 Å². The largest absolute Gasteiger partial charge is 0.349 e. The average molecular weight is 282 g/mol. The maximum Gasteiger partial charge on any atom is 0.282 e. The second kappa shape index (κ2) is 5.62. The molecule has 0 aromatic carbocycles. The minimum Gasteiger partial charge on any atom is -0.349 e. The van der Waals surface area contributed by atoms with E-state index in [9.17, 15) is 4.79 Å². The molecule has 0 unspecified atom stereocenters. The molecule has 2 rings (SSSR count). The van der Waals surface area contributed by atoms with Crippen molar-refractivity contribution in [2.75, 3.05) is 27.2 Å². The van der Waals surface area contributed by atoms with E-state index >= 15 is 0 Å². The van der Waals surface area contributed by atoms with Gasteiger partial charge in [0.1, 0.15) is 0 Å². The third kappa shape index (κ3) is 3.07. The number of carbonyl (C=O) groups excluding carboxylic acids is 1. The summed E-state index contributed by atoms with van der Waals surface area (Å²) in [5, 5.41) is 15.6. The zero-order valence-corrected chi connectivity index (χ0v) is 12.4. The number of aromatic nitrogens is 4. The van der Waals surface area contributed by atoms with Gasteiger partial charge in [-0.25, -0.2) is 0 Å². The Bertz CT molecular complexity index is 573. The molecule has 0 saturated carbocycles. The molecule has 0 atom stereocenters. The van der Waals surface area contributed by atoms with Crippen LogP contribution in [0.5, 0.6) is 0 Å². The molecule has 0 spiro atoms. The standard InChI is InChI=1S/C11H18N6OS/c1-7(2)8-13-14-11-17(8)15-10(19-11)9(18)12-5-6-16(3)4/h7H,5-6H2,1-4H3,(H,12,18). The maximum atomic E-state index is 11.9. The lowest BCUT2D eigenvalue weighted by atomic mass is 10.2.